The van der Waals surface area contributed by atoms with Gasteiger partial charge in [-0.25, -0.2) is 15.0 Å². The van der Waals surface area contributed by atoms with Crippen LogP contribution in [0.2, 0.25) is 0 Å². The molecule has 0 unspecified atom stereocenters. The van der Waals surface area contributed by atoms with E-state index in [0.717, 1.165) is 29.6 Å². The first-order valence-corrected chi connectivity index (χ1v) is 8.42. The first-order valence-electron chi connectivity index (χ1n) is 8.42. The van der Waals surface area contributed by atoms with Gasteiger partial charge in [-0.15, -0.1) is 0 Å². The van der Waals surface area contributed by atoms with Gasteiger partial charge in [-0.3, -0.25) is 5.01 Å². The van der Waals surface area contributed by atoms with E-state index in [-0.39, 0.29) is 5.54 Å². The Bertz CT molecular complexity index is 803. The van der Waals surface area contributed by atoms with Crippen molar-refractivity contribution >= 4 is 5.71 Å². The molecule has 5 heteroatoms. The molecule has 3 heterocycles. The van der Waals surface area contributed by atoms with Gasteiger partial charge in [0.15, 0.2) is 0 Å². The van der Waals surface area contributed by atoms with E-state index in [9.17, 15) is 0 Å². The van der Waals surface area contributed by atoms with Crippen molar-refractivity contribution in [3.8, 4) is 6.07 Å². The lowest BCUT2D eigenvalue weighted by molar-refractivity contribution is -0.0353. The number of allylic oxidation sites excluding steroid dienone is 2. The van der Waals surface area contributed by atoms with Crippen molar-refractivity contribution in [2.75, 3.05) is 6.54 Å². The van der Waals surface area contributed by atoms with Gasteiger partial charge in [0, 0.05) is 29.5 Å². The minimum absolute atomic E-state index is 0.149. The Hall–Kier alpha value is -2.45. The lowest BCUT2D eigenvalue weighted by Crippen LogP contribution is -2.52. The Morgan fingerprint density at radius 1 is 1.29 bits per heavy atom. The molecule has 1 saturated carbocycles. The molecule has 3 aliphatic rings. The molecule has 0 saturated heterocycles. The van der Waals surface area contributed by atoms with E-state index in [1.165, 1.54) is 18.5 Å². The Balaban J connectivity index is 1.63. The largest absolute Gasteiger partial charge is 0.261 e. The molecule has 1 aromatic rings. The fraction of sp³-hybridized carbons (Fsp3) is 0.421. The van der Waals surface area contributed by atoms with E-state index < -0.39 is 0 Å². The van der Waals surface area contributed by atoms with Crippen LogP contribution in [-0.4, -0.2) is 32.8 Å². The molecule has 0 spiro atoms. The lowest BCUT2D eigenvalue weighted by atomic mass is 9.98. The summed E-state index contributed by atoms with van der Waals surface area (Å²) in [5.41, 5.74) is 3.58. The number of nitriles is 1. The summed E-state index contributed by atoms with van der Waals surface area (Å²) in [6.45, 7) is 7.68. The van der Waals surface area contributed by atoms with Gasteiger partial charge in [-0.2, -0.15) is 5.26 Å². The summed E-state index contributed by atoms with van der Waals surface area (Å²) in [6, 6.07) is 5.69. The third-order valence-electron chi connectivity index (χ3n) is 5.24. The summed E-state index contributed by atoms with van der Waals surface area (Å²) in [5, 5.41) is 13.6. The molecule has 0 bridgehead atoms. The second-order valence-corrected chi connectivity index (χ2v) is 7.21. The minimum atomic E-state index is 0.149. The highest BCUT2D eigenvalue weighted by Crippen LogP contribution is 2.46. The van der Waals surface area contributed by atoms with Crippen LogP contribution in [0.25, 0.3) is 0 Å². The van der Waals surface area contributed by atoms with E-state index in [0.29, 0.717) is 5.69 Å². The summed E-state index contributed by atoms with van der Waals surface area (Å²) >= 11 is 0. The van der Waals surface area contributed by atoms with Crippen LogP contribution in [0.3, 0.4) is 0 Å². The first kappa shape index (κ1) is 15.1. The molecule has 0 aromatic carbocycles. The third kappa shape index (κ3) is 2.35. The number of pyridine rings is 1. The predicted octanol–water partition coefficient (Wildman–Crippen LogP) is 3.22. The van der Waals surface area contributed by atoms with Crippen molar-refractivity contribution in [1.29, 1.82) is 5.26 Å². The van der Waals surface area contributed by atoms with Crippen LogP contribution in [0.5, 0.6) is 0 Å². The molecule has 2 aliphatic heterocycles. The Labute approximate surface area is 142 Å². The van der Waals surface area contributed by atoms with Crippen molar-refractivity contribution in [3.05, 3.63) is 53.3 Å². The van der Waals surface area contributed by atoms with E-state index in [2.05, 4.69) is 47.9 Å². The van der Waals surface area contributed by atoms with Crippen molar-refractivity contribution in [2.45, 2.75) is 39.2 Å². The van der Waals surface area contributed by atoms with Gasteiger partial charge >= 0.3 is 0 Å². The number of hydrogen-bond donors (Lipinski definition) is 0. The van der Waals surface area contributed by atoms with Crippen molar-refractivity contribution < 1.29 is 0 Å². The zero-order valence-corrected chi connectivity index (χ0v) is 14.3. The van der Waals surface area contributed by atoms with Crippen LogP contribution >= 0.6 is 0 Å². The standard InChI is InChI=1S/C19H21N5/c1-13-10-17(14-4-7-16(11-20)21-12-14)22-18-8-9-23(24(13)18)19(2,3)15-5-6-15/h4,7-8,10,12,15H,5-6,9H2,1-3H3. The summed E-state index contributed by atoms with van der Waals surface area (Å²) in [7, 11) is 0. The number of aliphatic imine (C=N–C) groups is 1. The summed E-state index contributed by atoms with van der Waals surface area (Å²) in [6.07, 6.45) is 8.65. The van der Waals surface area contributed by atoms with Gasteiger partial charge in [-0.1, -0.05) is 0 Å². The van der Waals surface area contributed by atoms with E-state index >= 15 is 0 Å². The predicted molar refractivity (Wildman–Crippen MR) is 92.7 cm³/mol. The van der Waals surface area contributed by atoms with Gasteiger partial charge in [0.1, 0.15) is 17.6 Å². The maximum absolute atomic E-state index is 8.88. The van der Waals surface area contributed by atoms with Crippen molar-refractivity contribution in [3.63, 3.8) is 0 Å². The van der Waals surface area contributed by atoms with Crippen LogP contribution in [-0.2, 0) is 0 Å². The van der Waals surface area contributed by atoms with E-state index in [4.69, 9.17) is 10.3 Å². The smallest absolute Gasteiger partial charge is 0.145 e. The summed E-state index contributed by atoms with van der Waals surface area (Å²) in [5.74, 6) is 1.76. The number of fused-ring (bicyclic) bond motifs is 1. The number of hydrazine groups is 1. The molecule has 24 heavy (non-hydrogen) atoms. The summed E-state index contributed by atoms with van der Waals surface area (Å²) < 4.78 is 0. The van der Waals surface area contributed by atoms with Crippen LogP contribution in [0, 0.1) is 17.2 Å². The number of aromatic nitrogens is 1. The van der Waals surface area contributed by atoms with Gasteiger partial charge in [0.05, 0.1) is 5.71 Å². The van der Waals surface area contributed by atoms with Gasteiger partial charge < -0.3 is 0 Å². The molecule has 1 fully saturated rings. The molecular formula is C19H21N5. The zero-order valence-electron chi connectivity index (χ0n) is 14.3. The molecule has 1 aliphatic carbocycles. The molecule has 5 nitrogen and oxygen atoms in total. The van der Waals surface area contributed by atoms with Crippen LogP contribution in [0.15, 0.2) is 47.0 Å². The Morgan fingerprint density at radius 3 is 2.71 bits per heavy atom. The average Bonchev–Trinajstić information content (AvgIpc) is 3.35. The monoisotopic (exact) mass is 319 g/mol. The second-order valence-electron chi connectivity index (χ2n) is 7.21. The highest BCUT2D eigenvalue weighted by Gasteiger charge is 2.46. The summed E-state index contributed by atoms with van der Waals surface area (Å²) in [4.78, 5) is 8.98. The lowest BCUT2D eigenvalue weighted by Gasteiger charge is -2.44. The Morgan fingerprint density at radius 2 is 2.08 bits per heavy atom. The van der Waals surface area contributed by atoms with E-state index in [1.807, 2.05) is 12.1 Å². The average molecular weight is 319 g/mol. The van der Waals surface area contributed by atoms with Crippen molar-refractivity contribution in [2.24, 2.45) is 10.9 Å². The number of nitrogens with zero attached hydrogens (tertiary/aromatic N) is 5. The molecule has 0 radical (unpaired) electrons. The fourth-order valence-corrected chi connectivity index (χ4v) is 3.59. The first-order chi connectivity index (χ1) is 11.5. The highest BCUT2D eigenvalue weighted by atomic mass is 15.7. The molecule has 0 atom stereocenters. The quantitative estimate of drug-likeness (QED) is 0.858. The highest BCUT2D eigenvalue weighted by molar-refractivity contribution is 6.09. The fourth-order valence-electron chi connectivity index (χ4n) is 3.59. The molecule has 0 N–H and O–H groups in total. The molecule has 1 aromatic heterocycles. The third-order valence-corrected chi connectivity index (χ3v) is 5.24. The molecule has 122 valence electrons. The molecular weight excluding hydrogens is 298 g/mol. The maximum Gasteiger partial charge on any atom is 0.145 e. The maximum atomic E-state index is 8.88. The normalized spacial score (nSPS) is 20.9. The second kappa shape index (κ2) is 5.29. The van der Waals surface area contributed by atoms with Crippen molar-refractivity contribution in [1.82, 2.24) is 15.0 Å². The van der Waals surface area contributed by atoms with Gasteiger partial charge in [0.25, 0.3) is 0 Å². The van der Waals surface area contributed by atoms with Crippen LogP contribution < -0.4 is 0 Å². The number of hydrogen-bond acceptors (Lipinski definition) is 5. The Kier molecular flexibility index (Phi) is 3.33. The van der Waals surface area contributed by atoms with Crippen LogP contribution in [0.4, 0.5) is 0 Å². The SMILES string of the molecule is CC1=CC(c2ccc(C#N)nc2)=NC2=CCN(C(C)(C)C3CC3)N12. The van der Waals surface area contributed by atoms with Gasteiger partial charge in [0.2, 0.25) is 0 Å². The zero-order chi connectivity index (χ0) is 16.9. The van der Waals surface area contributed by atoms with E-state index in [1.54, 1.807) is 12.3 Å². The molecule has 0 amide bonds. The topological polar surface area (TPSA) is 55.5 Å². The minimum Gasteiger partial charge on any atom is -0.261 e. The molecule has 4 rings (SSSR count). The number of rotatable bonds is 3. The van der Waals surface area contributed by atoms with Gasteiger partial charge in [-0.05, 0) is 63.8 Å². The van der Waals surface area contributed by atoms with Crippen LogP contribution in [0.1, 0.15) is 44.9 Å².